The van der Waals surface area contributed by atoms with Crippen LogP contribution in [0.3, 0.4) is 0 Å². The molecule has 0 spiro atoms. The van der Waals surface area contributed by atoms with Gasteiger partial charge < -0.3 is 15.3 Å². The Kier molecular flexibility index (Phi) is 5.49. The van der Waals surface area contributed by atoms with E-state index >= 15 is 0 Å². The summed E-state index contributed by atoms with van der Waals surface area (Å²) < 4.78 is 26.5. The van der Waals surface area contributed by atoms with E-state index in [0.717, 1.165) is 18.2 Å². The maximum atomic E-state index is 12.0. The summed E-state index contributed by atoms with van der Waals surface area (Å²) in [6.07, 6.45) is 0.916. The number of hydrogen-bond donors (Lipinski definition) is 4. The number of phenols is 1. The van der Waals surface area contributed by atoms with Gasteiger partial charge in [-0.05, 0) is 38.0 Å². The fourth-order valence-corrected chi connectivity index (χ4v) is 2.95. The number of carboxylic acids is 1. The van der Waals surface area contributed by atoms with E-state index in [1.807, 2.05) is 0 Å². The number of benzene rings is 1. The van der Waals surface area contributed by atoms with Gasteiger partial charge in [-0.3, -0.25) is 0 Å². The SMILES string of the molecule is CC(CCCO)NS(=O)(=O)c1ccc(O)c(C(=O)O)c1. The van der Waals surface area contributed by atoms with Crippen molar-refractivity contribution in [3.8, 4) is 5.75 Å². The Bertz CT molecular complexity index is 584. The first-order valence-corrected chi connectivity index (χ1v) is 7.45. The number of carboxylic acid groups (broad SMARTS) is 1. The van der Waals surface area contributed by atoms with Crippen molar-refractivity contribution < 1.29 is 28.5 Å². The van der Waals surface area contributed by atoms with Gasteiger partial charge in [-0.1, -0.05) is 0 Å². The predicted molar refractivity (Wildman–Crippen MR) is 71.2 cm³/mol. The summed E-state index contributed by atoms with van der Waals surface area (Å²) in [5.74, 6) is -1.90. The van der Waals surface area contributed by atoms with Gasteiger partial charge in [-0.15, -0.1) is 0 Å². The highest BCUT2D eigenvalue weighted by Gasteiger charge is 2.20. The number of sulfonamides is 1. The first-order chi connectivity index (χ1) is 9.27. The number of aliphatic hydroxyl groups is 1. The third-order valence-corrected chi connectivity index (χ3v) is 4.25. The second kappa shape index (κ2) is 6.69. The van der Waals surface area contributed by atoms with Crippen LogP contribution in [-0.4, -0.2) is 42.4 Å². The van der Waals surface area contributed by atoms with E-state index in [-0.39, 0.29) is 11.5 Å². The molecule has 0 bridgehead atoms. The zero-order valence-corrected chi connectivity index (χ0v) is 11.7. The molecular formula is C12H17NO6S. The lowest BCUT2D eigenvalue weighted by Crippen LogP contribution is -2.32. The second-order valence-electron chi connectivity index (χ2n) is 4.37. The fourth-order valence-electron chi connectivity index (χ4n) is 1.64. The quantitative estimate of drug-likeness (QED) is 0.582. The standard InChI is InChI=1S/C12H17NO6S/c1-8(3-2-6-14)13-20(18,19)9-4-5-11(15)10(7-9)12(16)17/h4-5,7-8,13-15H,2-3,6H2,1H3,(H,16,17). The lowest BCUT2D eigenvalue weighted by Gasteiger charge is -2.14. The molecule has 0 aliphatic heterocycles. The molecule has 112 valence electrons. The minimum atomic E-state index is -3.87. The zero-order valence-electron chi connectivity index (χ0n) is 10.9. The van der Waals surface area contributed by atoms with Gasteiger partial charge in [0.15, 0.2) is 0 Å². The van der Waals surface area contributed by atoms with E-state index in [1.165, 1.54) is 0 Å². The summed E-state index contributed by atoms with van der Waals surface area (Å²) in [4.78, 5) is 10.6. The second-order valence-corrected chi connectivity index (χ2v) is 6.09. The van der Waals surface area contributed by atoms with E-state index in [1.54, 1.807) is 6.92 Å². The molecule has 20 heavy (non-hydrogen) atoms. The number of rotatable bonds is 7. The van der Waals surface area contributed by atoms with Crippen molar-refractivity contribution >= 4 is 16.0 Å². The fraction of sp³-hybridized carbons (Fsp3) is 0.417. The maximum absolute atomic E-state index is 12.0. The smallest absolute Gasteiger partial charge is 0.339 e. The van der Waals surface area contributed by atoms with Crippen LogP contribution in [0.15, 0.2) is 23.1 Å². The van der Waals surface area contributed by atoms with Crippen molar-refractivity contribution in [2.45, 2.75) is 30.7 Å². The van der Waals surface area contributed by atoms with Gasteiger partial charge in [0.1, 0.15) is 11.3 Å². The average Bonchev–Trinajstić information content (AvgIpc) is 2.35. The van der Waals surface area contributed by atoms with E-state index in [4.69, 9.17) is 10.2 Å². The Labute approximate surface area is 116 Å². The van der Waals surface area contributed by atoms with Crippen molar-refractivity contribution in [1.29, 1.82) is 0 Å². The van der Waals surface area contributed by atoms with Crippen molar-refractivity contribution in [1.82, 2.24) is 4.72 Å². The number of nitrogens with one attached hydrogen (secondary N) is 1. The van der Waals surface area contributed by atoms with E-state index in [9.17, 15) is 18.3 Å². The van der Waals surface area contributed by atoms with Crippen LogP contribution in [-0.2, 0) is 10.0 Å². The summed E-state index contributed by atoms with van der Waals surface area (Å²) in [5, 5.41) is 26.9. The number of aromatic hydroxyl groups is 1. The zero-order chi connectivity index (χ0) is 15.3. The summed E-state index contributed by atoms with van der Waals surface area (Å²) in [6, 6.07) is 2.66. The van der Waals surface area contributed by atoms with Gasteiger partial charge in [-0.2, -0.15) is 0 Å². The molecule has 0 amide bonds. The van der Waals surface area contributed by atoms with Gasteiger partial charge in [0.05, 0.1) is 4.90 Å². The van der Waals surface area contributed by atoms with Crippen LogP contribution in [0.25, 0.3) is 0 Å². The van der Waals surface area contributed by atoms with Crippen molar-refractivity contribution in [3.63, 3.8) is 0 Å². The normalized spacial score (nSPS) is 13.1. The molecular weight excluding hydrogens is 286 g/mol. The minimum absolute atomic E-state index is 0.0333. The molecule has 0 aliphatic carbocycles. The molecule has 0 saturated heterocycles. The van der Waals surface area contributed by atoms with E-state index in [2.05, 4.69) is 4.72 Å². The van der Waals surface area contributed by atoms with E-state index < -0.39 is 33.3 Å². The minimum Gasteiger partial charge on any atom is -0.507 e. The highest BCUT2D eigenvalue weighted by molar-refractivity contribution is 7.89. The van der Waals surface area contributed by atoms with Crippen LogP contribution >= 0.6 is 0 Å². The van der Waals surface area contributed by atoms with Gasteiger partial charge in [0.25, 0.3) is 0 Å². The molecule has 1 atom stereocenters. The summed E-state index contributed by atoms with van der Waals surface area (Å²) in [7, 11) is -3.87. The van der Waals surface area contributed by atoms with Gasteiger partial charge in [0, 0.05) is 12.6 Å². The molecule has 0 fully saturated rings. The van der Waals surface area contributed by atoms with Crippen LogP contribution in [0.1, 0.15) is 30.1 Å². The molecule has 7 nitrogen and oxygen atoms in total. The third-order valence-electron chi connectivity index (χ3n) is 2.66. The van der Waals surface area contributed by atoms with Gasteiger partial charge >= 0.3 is 5.97 Å². The topological polar surface area (TPSA) is 124 Å². The maximum Gasteiger partial charge on any atom is 0.339 e. The molecule has 0 aromatic heterocycles. The Balaban J connectivity index is 2.98. The predicted octanol–water partition coefficient (Wildman–Crippen LogP) is 0.530. The summed E-state index contributed by atoms with van der Waals surface area (Å²) in [5.41, 5.74) is -0.476. The number of aromatic carboxylic acids is 1. The van der Waals surface area contributed by atoms with Crippen molar-refractivity contribution in [2.75, 3.05) is 6.61 Å². The molecule has 1 unspecified atom stereocenters. The highest BCUT2D eigenvalue weighted by Crippen LogP contribution is 2.21. The molecule has 0 aliphatic rings. The van der Waals surface area contributed by atoms with Crippen LogP contribution < -0.4 is 4.72 Å². The van der Waals surface area contributed by atoms with Crippen LogP contribution in [0.5, 0.6) is 5.75 Å². The molecule has 8 heteroatoms. The van der Waals surface area contributed by atoms with Crippen molar-refractivity contribution in [3.05, 3.63) is 23.8 Å². The third kappa shape index (κ3) is 4.19. The van der Waals surface area contributed by atoms with Crippen LogP contribution in [0.4, 0.5) is 0 Å². The molecule has 0 radical (unpaired) electrons. The molecule has 0 saturated carbocycles. The highest BCUT2D eigenvalue weighted by atomic mass is 32.2. The Morgan fingerprint density at radius 3 is 2.60 bits per heavy atom. The Hall–Kier alpha value is -1.64. The molecule has 1 rings (SSSR count). The van der Waals surface area contributed by atoms with Crippen molar-refractivity contribution in [2.24, 2.45) is 0 Å². The molecule has 1 aromatic carbocycles. The van der Waals surface area contributed by atoms with Gasteiger partial charge in [-0.25, -0.2) is 17.9 Å². The Morgan fingerprint density at radius 2 is 2.05 bits per heavy atom. The molecule has 0 heterocycles. The number of aliphatic hydroxyl groups excluding tert-OH is 1. The average molecular weight is 303 g/mol. The van der Waals surface area contributed by atoms with Crippen LogP contribution in [0.2, 0.25) is 0 Å². The number of carbonyl (C=O) groups is 1. The first-order valence-electron chi connectivity index (χ1n) is 5.97. The van der Waals surface area contributed by atoms with Gasteiger partial charge in [0.2, 0.25) is 10.0 Å². The number of hydrogen-bond acceptors (Lipinski definition) is 5. The lowest BCUT2D eigenvalue weighted by molar-refractivity contribution is 0.0693. The Morgan fingerprint density at radius 1 is 1.40 bits per heavy atom. The molecule has 1 aromatic rings. The summed E-state index contributed by atoms with van der Waals surface area (Å²) >= 11 is 0. The lowest BCUT2D eigenvalue weighted by atomic mass is 10.2. The largest absolute Gasteiger partial charge is 0.507 e. The van der Waals surface area contributed by atoms with E-state index in [0.29, 0.717) is 12.8 Å². The molecule has 4 N–H and O–H groups in total. The van der Waals surface area contributed by atoms with Crippen LogP contribution in [0, 0.1) is 0 Å². The first kappa shape index (κ1) is 16.4. The summed E-state index contributed by atoms with van der Waals surface area (Å²) in [6.45, 7) is 1.61. The monoisotopic (exact) mass is 303 g/mol.